The zero-order valence-corrected chi connectivity index (χ0v) is 26.5. The van der Waals surface area contributed by atoms with Gasteiger partial charge < -0.3 is 33.3 Å². The highest BCUT2D eigenvalue weighted by Gasteiger charge is 2.55. The molecule has 2 aliphatic heterocycles. The molecule has 2 aromatic rings. The van der Waals surface area contributed by atoms with Crippen LogP contribution in [0.1, 0.15) is 68.7 Å². The molecule has 4 heterocycles. The molecule has 0 aromatic carbocycles. The van der Waals surface area contributed by atoms with E-state index < -0.39 is 42.9 Å². The van der Waals surface area contributed by atoms with Crippen molar-refractivity contribution in [2.24, 2.45) is 0 Å². The van der Waals surface area contributed by atoms with Crippen LogP contribution in [0.4, 0.5) is 5.82 Å². The van der Waals surface area contributed by atoms with E-state index in [0.29, 0.717) is 18.0 Å². The molecular weight excluding hydrogens is 561 g/mol. The Morgan fingerprint density at radius 1 is 1.07 bits per heavy atom. The topological polar surface area (TPSA) is 128 Å². The van der Waals surface area contributed by atoms with Gasteiger partial charge in [0, 0.05) is 6.54 Å². The number of nitrogens with one attached hydrogen (secondary N) is 1. The summed E-state index contributed by atoms with van der Waals surface area (Å²) in [6.07, 6.45) is 0.778. The van der Waals surface area contributed by atoms with E-state index >= 15 is 0 Å². The molecule has 0 saturated carbocycles. The van der Waals surface area contributed by atoms with Gasteiger partial charge in [0.2, 0.25) is 5.28 Å². The van der Waals surface area contributed by atoms with Gasteiger partial charge in [-0.1, -0.05) is 6.92 Å². The molecule has 2 aromatic heterocycles. The maximum Gasteiger partial charge on any atom is 0.357 e. The molecule has 1 unspecified atom stereocenters. The molecule has 0 aliphatic carbocycles. The highest BCUT2D eigenvalue weighted by molar-refractivity contribution is 7.53. The molecule has 226 valence electrons. The van der Waals surface area contributed by atoms with Crippen molar-refractivity contribution in [1.82, 2.24) is 19.7 Å². The molecule has 2 saturated heterocycles. The van der Waals surface area contributed by atoms with E-state index in [0.717, 1.165) is 18.4 Å². The number of hydrogen-bond acceptors (Lipinski definition) is 11. The second kappa shape index (κ2) is 11.7. The highest BCUT2D eigenvalue weighted by Crippen LogP contribution is 2.54. The molecule has 14 heteroatoms. The second-order valence-corrected chi connectivity index (χ2v) is 14.8. The van der Waals surface area contributed by atoms with E-state index in [-0.39, 0.29) is 24.3 Å². The Bertz CT molecular complexity index is 1210. The standard InChI is InChI=1S/C26H43ClN5O7P/c1-10-11-28-21-16-12-29-32(22(16)31-23(27)30-21)13-17-19-20(37-26(8,9)36-19)18(35-17)14-34-15-40(33,38-24(2,3)4)39-25(5,6)7/h12,17-20H,10-11,13-15H2,1-9H3,(H,28,30,31)/t17-,18-,19+,20?/m1/s1. The number of halogens is 1. The normalized spacial score (nSPS) is 25.1. The summed E-state index contributed by atoms with van der Waals surface area (Å²) in [6, 6.07) is 0. The maximum atomic E-state index is 13.6. The van der Waals surface area contributed by atoms with Gasteiger partial charge in [-0.3, -0.25) is 4.57 Å². The van der Waals surface area contributed by atoms with Crippen LogP contribution in [0.25, 0.3) is 11.0 Å². The molecule has 4 rings (SSSR count). The molecule has 12 nitrogen and oxygen atoms in total. The van der Waals surface area contributed by atoms with Gasteiger partial charge in [-0.15, -0.1) is 0 Å². The lowest BCUT2D eigenvalue weighted by Crippen LogP contribution is -2.33. The van der Waals surface area contributed by atoms with Gasteiger partial charge in [0.15, 0.2) is 11.4 Å². The lowest BCUT2D eigenvalue weighted by Gasteiger charge is -2.32. The van der Waals surface area contributed by atoms with E-state index in [9.17, 15) is 4.57 Å². The van der Waals surface area contributed by atoms with E-state index in [4.69, 9.17) is 39.6 Å². The minimum Gasteiger partial charge on any atom is -0.369 e. The molecular formula is C26H43ClN5O7P. The van der Waals surface area contributed by atoms with Gasteiger partial charge in [-0.25, -0.2) is 4.68 Å². The van der Waals surface area contributed by atoms with Crippen LogP contribution < -0.4 is 5.32 Å². The SMILES string of the molecule is CCCNc1nc(Cl)nc2c1cnn2C[C@H]1O[C@H](COCP(=O)(OC(C)(C)C)OC(C)(C)C)C2OC(C)(C)O[C@H]21. The summed E-state index contributed by atoms with van der Waals surface area (Å²) in [4.78, 5) is 8.74. The fraction of sp³-hybridized carbons (Fsp3) is 0.808. The Hall–Kier alpha value is -1.37. The molecule has 0 radical (unpaired) electrons. The number of fused-ring (bicyclic) bond motifs is 2. The maximum absolute atomic E-state index is 13.6. The smallest absolute Gasteiger partial charge is 0.357 e. The summed E-state index contributed by atoms with van der Waals surface area (Å²) in [5.41, 5.74) is -0.764. The van der Waals surface area contributed by atoms with Gasteiger partial charge in [-0.05, 0) is 73.4 Å². The van der Waals surface area contributed by atoms with Gasteiger partial charge in [0.05, 0.1) is 35.9 Å². The fourth-order valence-electron chi connectivity index (χ4n) is 4.85. The summed E-state index contributed by atoms with van der Waals surface area (Å²) in [7, 11) is -3.58. The van der Waals surface area contributed by atoms with Crippen molar-refractivity contribution in [2.75, 3.05) is 24.8 Å². The third-order valence-corrected chi connectivity index (χ3v) is 8.29. The minimum atomic E-state index is -3.58. The number of nitrogens with zero attached hydrogens (tertiary/aromatic N) is 4. The molecule has 0 amide bonds. The van der Waals surface area contributed by atoms with Crippen molar-refractivity contribution in [1.29, 1.82) is 0 Å². The number of anilines is 1. The average Bonchev–Trinajstić information content (AvgIpc) is 3.41. The Morgan fingerprint density at radius 2 is 1.70 bits per heavy atom. The van der Waals surface area contributed by atoms with E-state index in [1.165, 1.54) is 0 Å². The predicted octanol–water partition coefficient (Wildman–Crippen LogP) is 5.39. The van der Waals surface area contributed by atoms with Crippen LogP contribution >= 0.6 is 19.2 Å². The largest absolute Gasteiger partial charge is 0.369 e. The van der Waals surface area contributed by atoms with E-state index in [2.05, 4.69) is 27.3 Å². The number of hydrogen-bond donors (Lipinski definition) is 1. The van der Waals surface area contributed by atoms with Crippen LogP contribution in [0.3, 0.4) is 0 Å². The molecule has 2 fully saturated rings. The third-order valence-electron chi connectivity index (χ3n) is 5.97. The summed E-state index contributed by atoms with van der Waals surface area (Å²) in [5.74, 6) is -0.162. The Balaban J connectivity index is 1.49. The van der Waals surface area contributed by atoms with Gasteiger partial charge >= 0.3 is 7.60 Å². The zero-order chi connectivity index (χ0) is 29.5. The third kappa shape index (κ3) is 7.92. The van der Waals surface area contributed by atoms with E-state index in [1.54, 1.807) is 10.9 Å². The Labute approximate surface area is 241 Å². The molecule has 1 N–H and O–H groups in total. The lowest BCUT2D eigenvalue weighted by atomic mass is 10.1. The molecule has 40 heavy (non-hydrogen) atoms. The second-order valence-electron chi connectivity index (χ2n) is 12.6. The van der Waals surface area contributed by atoms with Crippen LogP contribution in [0.15, 0.2) is 6.20 Å². The van der Waals surface area contributed by atoms with Crippen molar-refractivity contribution >= 4 is 36.0 Å². The van der Waals surface area contributed by atoms with Crippen molar-refractivity contribution < 1.29 is 32.6 Å². The monoisotopic (exact) mass is 603 g/mol. The van der Waals surface area contributed by atoms with Gasteiger partial charge in [0.25, 0.3) is 0 Å². The van der Waals surface area contributed by atoms with Crippen molar-refractivity contribution in [3.8, 4) is 0 Å². The first-order chi connectivity index (χ1) is 18.5. The minimum absolute atomic E-state index is 0.112. The van der Waals surface area contributed by atoms with Crippen LogP contribution in [0.5, 0.6) is 0 Å². The predicted molar refractivity (Wildman–Crippen MR) is 152 cm³/mol. The van der Waals surface area contributed by atoms with Crippen molar-refractivity contribution in [2.45, 2.75) is 117 Å². The van der Waals surface area contributed by atoms with Crippen LogP contribution in [0, 0.1) is 0 Å². The number of aromatic nitrogens is 4. The first-order valence-corrected chi connectivity index (χ1v) is 15.8. The first-order valence-electron chi connectivity index (χ1n) is 13.7. The van der Waals surface area contributed by atoms with Crippen molar-refractivity contribution in [3.63, 3.8) is 0 Å². The summed E-state index contributed by atoms with van der Waals surface area (Å²) in [5, 5.41) is 8.72. The van der Waals surface area contributed by atoms with E-state index in [1.807, 2.05) is 55.4 Å². The van der Waals surface area contributed by atoms with Gasteiger partial charge in [-0.2, -0.15) is 15.1 Å². The fourth-order valence-corrected chi connectivity index (χ4v) is 7.16. The summed E-state index contributed by atoms with van der Waals surface area (Å²) in [6.45, 7) is 18.0. The molecule has 0 spiro atoms. The Morgan fingerprint density at radius 3 is 2.30 bits per heavy atom. The quantitative estimate of drug-likeness (QED) is 0.262. The van der Waals surface area contributed by atoms with Gasteiger partial charge in [0.1, 0.15) is 36.6 Å². The number of ether oxygens (including phenoxy) is 4. The van der Waals surface area contributed by atoms with Crippen LogP contribution in [-0.2, 0) is 39.1 Å². The lowest BCUT2D eigenvalue weighted by molar-refractivity contribution is -0.193. The van der Waals surface area contributed by atoms with Crippen LogP contribution in [-0.4, -0.2) is 80.7 Å². The average molecular weight is 604 g/mol. The summed E-state index contributed by atoms with van der Waals surface area (Å²) >= 11 is 6.23. The molecule has 4 atom stereocenters. The first kappa shape index (κ1) is 31.6. The number of rotatable bonds is 11. The molecule has 0 bridgehead atoms. The van der Waals surface area contributed by atoms with Crippen molar-refractivity contribution in [3.05, 3.63) is 11.5 Å². The molecule has 2 aliphatic rings. The Kier molecular flexibility index (Phi) is 9.25. The summed E-state index contributed by atoms with van der Waals surface area (Å²) < 4.78 is 51.7. The highest BCUT2D eigenvalue weighted by atomic mass is 35.5. The van der Waals surface area contributed by atoms with Crippen LogP contribution in [0.2, 0.25) is 5.28 Å². The zero-order valence-electron chi connectivity index (χ0n) is 24.9.